The second-order valence-electron chi connectivity index (χ2n) is 7.48. The first-order valence-corrected chi connectivity index (χ1v) is 11.9. The monoisotopic (exact) mass is 450 g/mol. The lowest BCUT2D eigenvalue weighted by molar-refractivity contribution is -0.123. The molecule has 1 fully saturated rings. The van der Waals surface area contributed by atoms with Gasteiger partial charge in [-0.15, -0.1) is 0 Å². The number of sulfonamides is 1. The molecule has 0 bridgehead atoms. The standard InChI is InChI=1S/C22H27ClN2O4S/c1-17(9-10-18-7-3-2-4-8-18)24-22(26)16-29-21-12-11-19(15-20(21)23)30(27,28)25-13-5-6-14-25/h2-4,7-8,11-12,15,17H,5-6,9-10,13-14,16H2,1H3,(H,24,26)/t17-/m1/s1. The molecule has 162 valence electrons. The van der Waals surface area contributed by atoms with Gasteiger partial charge in [0.2, 0.25) is 10.0 Å². The summed E-state index contributed by atoms with van der Waals surface area (Å²) < 4.78 is 32.2. The number of nitrogens with zero attached hydrogens (tertiary/aromatic N) is 1. The summed E-state index contributed by atoms with van der Waals surface area (Å²) in [4.78, 5) is 12.3. The van der Waals surface area contributed by atoms with E-state index in [4.69, 9.17) is 16.3 Å². The van der Waals surface area contributed by atoms with Crippen LogP contribution in [0.3, 0.4) is 0 Å². The molecule has 1 aliphatic heterocycles. The van der Waals surface area contributed by atoms with Crippen molar-refractivity contribution in [2.75, 3.05) is 19.7 Å². The molecule has 3 rings (SSSR count). The van der Waals surface area contributed by atoms with Gasteiger partial charge in [0, 0.05) is 19.1 Å². The van der Waals surface area contributed by atoms with E-state index in [-0.39, 0.29) is 34.2 Å². The minimum Gasteiger partial charge on any atom is -0.482 e. The van der Waals surface area contributed by atoms with Crippen LogP contribution in [-0.2, 0) is 21.2 Å². The molecule has 0 aromatic heterocycles. The van der Waals surface area contributed by atoms with Crippen molar-refractivity contribution in [1.29, 1.82) is 0 Å². The van der Waals surface area contributed by atoms with Crippen LogP contribution in [0.5, 0.6) is 5.75 Å². The zero-order chi connectivity index (χ0) is 21.6. The molecular weight excluding hydrogens is 424 g/mol. The fourth-order valence-corrected chi connectivity index (χ4v) is 5.24. The maximum Gasteiger partial charge on any atom is 0.258 e. The van der Waals surface area contributed by atoms with E-state index in [0.29, 0.717) is 13.1 Å². The van der Waals surface area contributed by atoms with Gasteiger partial charge < -0.3 is 10.1 Å². The van der Waals surface area contributed by atoms with Gasteiger partial charge in [-0.25, -0.2) is 8.42 Å². The van der Waals surface area contributed by atoms with E-state index in [0.717, 1.165) is 25.7 Å². The normalized spacial score (nSPS) is 15.7. The molecule has 1 amide bonds. The molecule has 30 heavy (non-hydrogen) atoms. The number of benzene rings is 2. The summed E-state index contributed by atoms with van der Waals surface area (Å²) in [6.07, 6.45) is 3.43. The third-order valence-corrected chi connectivity index (χ3v) is 7.27. The van der Waals surface area contributed by atoms with Crippen LogP contribution >= 0.6 is 11.6 Å². The maximum absolute atomic E-state index is 12.6. The Morgan fingerprint density at radius 2 is 1.87 bits per heavy atom. The highest BCUT2D eigenvalue weighted by Crippen LogP contribution is 2.29. The predicted octanol–water partition coefficient (Wildman–Crippen LogP) is 3.64. The van der Waals surface area contributed by atoms with Gasteiger partial charge in [0.05, 0.1) is 9.92 Å². The third kappa shape index (κ3) is 5.97. The first-order chi connectivity index (χ1) is 14.4. The van der Waals surface area contributed by atoms with Crippen molar-refractivity contribution < 1.29 is 17.9 Å². The molecule has 8 heteroatoms. The fraction of sp³-hybridized carbons (Fsp3) is 0.409. The molecular formula is C22H27ClN2O4S. The predicted molar refractivity (Wildman–Crippen MR) is 117 cm³/mol. The Hall–Kier alpha value is -2.09. The summed E-state index contributed by atoms with van der Waals surface area (Å²) in [6.45, 7) is 2.82. The Bertz CT molecular complexity index is 960. The molecule has 0 saturated carbocycles. The number of halogens is 1. The van der Waals surface area contributed by atoms with E-state index in [2.05, 4.69) is 17.4 Å². The van der Waals surface area contributed by atoms with E-state index < -0.39 is 10.0 Å². The molecule has 1 heterocycles. The Kier molecular flexibility index (Phi) is 7.75. The number of ether oxygens (including phenoxy) is 1. The summed E-state index contributed by atoms with van der Waals surface area (Å²) >= 11 is 6.21. The Labute approximate surface area is 183 Å². The molecule has 0 unspecified atom stereocenters. The van der Waals surface area contributed by atoms with Crippen LogP contribution in [0.1, 0.15) is 31.7 Å². The Balaban J connectivity index is 1.49. The van der Waals surface area contributed by atoms with Gasteiger partial charge in [-0.05, 0) is 56.4 Å². The number of hydrogen-bond donors (Lipinski definition) is 1. The molecule has 1 saturated heterocycles. The first kappa shape index (κ1) is 22.6. The van der Waals surface area contributed by atoms with Crippen LogP contribution in [0.4, 0.5) is 0 Å². The molecule has 6 nitrogen and oxygen atoms in total. The number of hydrogen-bond acceptors (Lipinski definition) is 4. The average Bonchev–Trinajstić information content (AvgIpc) is 3.28. The summed E-state index contributed by atoms with van der Waals surface area (Å²) in [5, 5.41) is 3.07. The van der Waals surface area contributed by atoms with Crippen molar-refractivity contribution >= 4 is 27.5 Å². The first-order valence-electron chi connectivity index (χ1n) is 10.1. The Morgan fingerprint density at radius 1 is 1.17 bits per heavy atom. The minimum atomic E-state index is -3.54. The quantitative estimate of drug-likeness (QED) is 0.632. The lowest BCUT2D eigenvalue weighted by Crippen LogP contribution is -2.36. The summed E-state index contributed by atoms with van der Waals surface area (Å²) in [7, 11) is -3.54. The van der Waals surface area contributed by atoms with Gasteiger partial charge in [0.1, 0.15) is 5.75 Å². The molecule has 1 N–H and O–H groups in total. The summed E-state index contributed by atoms with van der Waals surface area (Å²) in [5.41, 5.74) is 1.23. The van der Waals surface area contributed by atoms with E-state index in [9.17, 15) is 13.2 Å². The molecule has 2 aromatic rings. The van der Waals surface area contributed by atoms with Gasteiger partial charge in [-0.2, -0.15) is 4.31 Å². The highest BCUT2D eigenvalue weighted by Gasteiger charge is 2.27. The third-order valence-electron chi connectivity index (χ3n) is 5.08. The minimum absolute atomic E-state index is 0.00441. The second kappa shape index (κ2) is 10.3. The zero-order valence-corrected chi connectivity index (χ0v) is 18.6. The number of amides is 1. The maximum atomic E-state index is 12.6. The summed E-state index contributed by atoms with van der Waals surface area (Å²) in [5.74, 6) is 0.0320. The van der Waals surface area contributed by atoms with Crippen molar-refractivity contribution in [2.45, 2.75) is 43.5 Å². The molecule has 1 aliphatic rings. The number of carbonyl (C=O) groups is 1. The molecule has 2 aromatic carbocycles. The SMILES string of the molecule is C[C@H](CCc1ccccc1)NC(=O)COc1ccc(S(=O)(=O)N2CCCC2)cc1Cl. The molecule has 0 aliphatic carbocycles. The van der Waals surface area contributed by atoms with Gasteiger partial charge in [-0.1, -0.05) is 41.9 Å². The van der Waals surface area contributed by atoms with E-state index in [1.807, 2.05) is 25.1 Å². The van der Waals surface area contributed by atoms with Crippen LogP contribution in [0.25, 0.3) is 0 Å². The topological polar surface area (TPSA) is 75.7 Å². The smallest absolute Gasteiger partial charge is 0.258 e. The van der Waals surface area contributed by atoms with E-state index in [1.165, 1.54) is 28.1 Å². The van der Waals surface area contributed by atoms with Gasteiger partial charge in [0.15, 0.2) is 6.61 Å². The molecule has 1 atom stereocenters. The van der Waals surface area contributed by atoms with Gasteiger partial charge in [0.25, 0.3) is 5.91 Å². The van der Waals surface area contributed by atoms with Gasteiger partial charge in [-0.3, -0.25) is 4.79 Å². The largest absolute Gasteiger partial charge is 0.482 e. The van der Waals surface area contributed by atoms with Crippen molar-refractivity contribution in [3.05, 3.63) is 59.1 Å². The lowest BCUT2D eigenvalue weighted by Gasteiger charge is -2.17. The van der Waals surface area contributed by atoms with Crippen LogP contribution < -0.4 is 10.1 Å². The Morgan fingerprint density at radius 3 is 2.53 bits per heavy atom. The van der Waals surface area contributed by atoms with Crippen LogP contribution in [0.2, 0.25) is 5.02 Å². The number of aryl methyl sites for hydroxylation is 1. The summed E-state index contributed by atoms with van der Waals surface area (Å²) in [6, 6.07) is 14.4. The van der Waals surface area contributed by atoms with Crippen molar-refractivity contribution in [3.63, 3.8) is 0 Å². The number of rotatable bonds is 9. The second-order valence-corrected chi connectivity index (χ2v) is 9.83. The van der Waals surface area contributed by atoms with E-state index in [1.54, 1.807) is 0 Å². The van der Waals surface area contributed by atoms with Crippen LogP contribution in [0.15, 0.2) is 53.4 Å². The zero-order valence-electron chi connectivity index (χ0n) is 17.0. The van der Waals surface area contributed by atoms with Crippen LogP contribution in [0, 0.1) is 0 Å². The van der Waals surface area contributed by atoms with Crippen LogP contribution in [-0.4, -0.2) is 44.4 Å². The van der Waals surface area contributed by atoms with Crippen molar-refractivity contribution in [1.82, 2.24) is 9.62 Å². The number of nitrogens with one attached hydrogen (secondary N) is 1. The van der Waals surface area contributed by atoms with Gasteiger partial charge >= 0.3 is 0 Å². The average molecular weight is 451 g/mol. The van der Waals surface area contributed by atoms with Crippen molar-refractivity contribution in [2.24, 2.45) is 0 Å². The van der Waals surface area contributed by atoms with E-state index >= 15 is 0 Å². The molecule has 0 radical (unpaired) electrons. The highest BCUT2D eigenvalue weighted by molar-refractivity contribution is 7.89. The van der Waals surface area contributed by atoms with Crippen molar-refractivity contribution in [3.8, 4) is 5.75 Å². The lowest BCUT2D eigenvalue weighted by atomic mass is 10.1. The molecule has 0 spiro atoms. The number of carbonyl (C=O) groups excluding carboxylic acids is 1. The fourth-order valence-electron chi connectivity index (χ4n) is 3.40. The highest BCUT2D eigenvalue weighted by atomic mass is 35.5.